The number of phenols is 3. The molecule has 16 rings (SSSR count). The van der Waals surface area contributed by atoms with Crippen LogP contribution in [-0.4, -0.2) is 278 Å². The summed E-state index contributed by atoms with van der Waals surface area (Å²) in [6.45, 7) is 4.41. The van der Waals surface area contributed by atoms with Gasteiger partial charge in [-0.15, -0.1) is 13.2 Å². The van der Waals surface area contributed by atoms with Gasteiger partial charge in [-0.1, -0.05) is 62.7 Å². The zero-order valence-electron chi connectivity index (χ0n) is 77.6. The Morgan fingerprint density at radius 2 is 1.32 bits per heavy atom. The Morgan fingerprint density at radius 3 is 1.95 bits per heavy atom. The highest BCUT2D eigenvalue weighted by molar-refractivity contribution is 6.32. The number of hydrogen-bond acceptors (Lipinski definition) is 36. The van der Waals surface area contributed by atoms with Gasteiger partial charge in [0.15, 0.2) is 30.1 Å². The summed E-state index contributed by atoms with van der Waals surface area (Å²) in [6, 6.07) is 6.17. The van der Waals surface area contributed by atoms with Gasteiger partial charge in [0.1, 0.15) is 132 Å². The second-order valence-corrected chi connectivity index (χ2v) is 36.7. The third-order valence-electron chi connectivity index (χ3n) is 25.0. The van der Waals surface area contributed by atoms with E-state index in [-0.39, 0.29) is 74.0 Å². The van der Waals surface area contributed by atoms with Crippen molar-refractivity contribution in [2.45, 2.75) is 220 Å². The Kier molecular flexibility index (Phi) is 35.2. The number of primary amides is 1. The van der Waals surface area contributed by atoms with E-state index in [1.54, 1.807) is 38.4 Å². The van der Waals surface area contributed by atoms with Crippen molar-refractivity contribution >= 4 is 82.2 Å². The van der Waals surface area contributed by atoms with E-state index in [1.807, 2.05) is 0 Å². The molecule has 3 fully saturated rings. The molecule has 51 heteroatoms. The first-order chi connectivity index (χ1) is 68.7. The summed E-state index contributed by atoms with van der Waals surface area (Å²) >= 11 is 14.6. The zero-order chi connectivity index (χ0) is 105. The molecule has 46 nitrogen and oxygen atoms in total. The molecule has 23 atom stereocenters. The number of aliphatic carboxylic acids is 1. The molecule has 3 saturated heterocycles. The number of alkyl halides is 3. The quantitative estimate of drug-likeness (QED) is 0.0307. The predicted molar refractivity (Wildman–Crippen MR) is 504 cm³/mol. The number of benzene rings is 6. The molecule has 146 heavy (non-hydrogen) atoms. The second-order valence-electron chi connectivity index (χ2n) is 35.9. The number of aliphatic hydroxyl groups excluding tert-OH is 8. The van der Waals surface area contributed by atoms with Crippen molar-refractivity contribution in [1.29, 1.82) is 0 Å². The smallest absolute Gasteiger partial charge is 0.507 e. The number of phenolic OH excluding ortho intramolecular Hbond substituents is 3. The molecule has 0 radical (unpaired) electrons. The van der Waals surface area contributed by atoms with Gasteiger partial charge in [-0.05, 0) is 171 Å². The van der Waals surface area contributed by atoms with Gasteiger partial charge < -0.3 is 169 Å². The Morgan fingerprint density at radius 1 is 0.685 bits per heavy atom. The van der Waals surface area contributed by atoms with Gasteiger partial charge in [-0.3, -0.25) is 47.9 Å². The number of likely N-dealkylation sites (N-methyl/N-ethyl adjacent to an activating group) is 1. The molecule has 8 aliphatic heterocycles. The molecule has 2 aromatic heterocycles. The number of nitrogens with two attached hydrogens (primary N) is 2. The molecular formula is C95H110Cl2F3N15O31. The number of aromatic hydroxyl groups is 3. The number of rotatable bonds is 28. The number of carboxylic acid groups (broad SMARTS) is 1. The van der Waals surface area contributed by atoms with Crippen LogP contribution in [0.3, 0.4) is 0 Å². The van der Waals surface area contributed by atoms with E-state index in [0.717, 1.165) is 101 Å². The van der Waals surface area contributed by atoms with Crippen molar-refractivity contribution in [2.75, 3.05) is 38.6 Å². The number of hydrogen-bond donors (Lipinski definition) is 24. The number of amides is 8. The number of nitrogens with zero attached hydrogens (tertiary/aromatic N) is 3. The van der Waals surface area contributed by atoms with Crippen molar-refractivity contribution in [1.82, 2.24) is 62.4 Å². The lowest BCUT2D eigenvalue weighted by atomic mass is 9.86. The maximum absolute atomic E-state index is 16.7. The normalized spacial score (nSPS) is 27.1. The van der Waals surface area contributed by atoms with Gasteiger partial charge in [0.2, 0.25) is 53.4 Å². The van der Waals surface area contributed by atoms with Crippen molar-refractivity contribution in [3.63, 3.8) is 0 Å². The van der Waals surface area contributed by atoms with E-state index in [1.165, 1.54) is 39.2 Å². The highest BCUT2D eigenvalue weighted by Crippen LogP contribution is 2.51. The van der Waals surface area contributed by atoms with Crippen LogP contribution in [0.2, 0.25) is 10.0 Å². The van der Waals surface area contributed by atoms with Crippen LogP contribution in [0.4, 0.5) is 19.0 Å². The van der Waals surface area contributed by atoms with Crippen LogP contribution in [0.15, 0.2) is 139 Å². The molecule has 8 aliphatic rings. The summed E-state index contributed by atoms with van der Waals surface area (Å²) < 4.78 is 94.4. The maximum atomic E-state index is 16.7. The van der Waals surface area contributed by atoms with Crippen LogP contribution in [0.5, 0.6) is 51.7 Å². The van der Waals surface area contributed by atoms with Gasteiger partial charge in [0, 0.05) is 79.0 Å². The molecule has 11 bridgehead atoms. The SMILES string of the molecule is C.CN[C@H](CC(C)C)C(=O)NC1C(=O)N[C@@H](CC(N)=O)C(=O)N[C@H]2C(=O)N[C@H]3C(=O)N[C@H](C(=O)N[C@@H](C(=O)O)c4cc(O)c(CNCCc5ccncc5)c(O)c4-c4cc3ccc4O)[C@H](OC3C[C@](C)(N)[C@@H](O)[C@H](C)O3)c3ccc(c(Cl)c3)Oc3cc2cc(c3O[C@@H]2O[C@H](CO)[C@@H](O[C@@H]3O[C@H](CNCCn4ccc(NC(=O)c5ccc(OC(F)(F)F)cc5)nc4=O)[C@H](O)[C@H](O)[C@H]3O)[C@H](O)[C@H]2O)Oc2ccc(cc2Cl)[C@H]1O. The first kappa shape index (κ1) is 110. The number of pyridine rings is 1. The number of ether oxygens (including phenoxy) is 9. The van der Waals surface area contributed by atoms with Crippen molar-refractivity contribution in [2.24, 2.45) is 17.4 Å². The summed E-state index contributed by atoms with van der Waals surface area (Å²) in [4.78, 5) is 156. The van der Waals surface area contributed by atoms with E-state index < -0.39 is 321 Å². The number of fused-ring (bicyclic) bond motifs is 15. The van der Waals surface area contributed by atoms with E-state index in [9.17, 15) is 98.4 Å². The number of anilines is 1. The number of carbonyl (C=O) groups is 9. The van der Waals surface area contributed by atoms with Gasteiger partial charge in [-0.25, -0.2) is 9.59 Å². The average Bonchev–Trinajstić information content (AvgIpc) is 0.672. The standard InChI is InChI=1S/C94H106Cl2F3N15O31.CH4/c1-38(2)26-52(102-5)83(128)112-69-71(119)43-9-14-56(50(95)28-43)138-58-30-45-31-59(79(58)143-91-77(125)75(123)80(61(37-115)141-91)144-90-76(124)74(122)73(121)60(140-90)36-105-23-25-114-24-19-63(108-92(114)136)107-82(127)41-6-11-46(12-7-41)145-94(97,98)99)139-57-15-10-44(29-51(57)96)78(142-64-34-93(4,101)81(126)39(3)137-64)70-88(133)111-68(89(134)135)48-32-55(117)49(35-104-22-18-40-16-20-103-21-17-40)72(120)65(48)47-27-42(8-13-54(47)116)66(85(130)113-70)110-86(131)67(45)109-84(129)53(33-62(100)118)106-87(69)132;/h6-17,19-21,24,27-32,38-39,52-53,60-61,64,66-71,73-78,80-81,90-91,102,104-105,115-117,119-126H,18,22-23,25-26,33-37,101H2,1-5H3,(H2,100,118)(H,106,132)(H,109,129)(H,110,131)(H,111,133)(H,112,128)(H,113,130)(H,134,135)(H,107,108,127,136);1H4/t39-,52+,53-,60+,61+,64?,66+,67+,68+,69?,70-,71+,73-,74-,75+,76+,77+,78+,80+,81-,90-,91-,93-;/m0./s1. The number of carboxylic acids is 1. The van der Waals surface area contributed by atoms with E-state index in [0.29, 0.717) is 6.42 Å². The fourth-order valence-electron chi connectivity index (χ4n) is 17.3. The topological polar surface area (TPSA) is 700 Å². The lowest BCUT2D eigenvalue weighted by Gasteiger charge is -2.46. The Bertz CT molecular complexity index is 6200. The van der Waals surface area contributed by atoms with Gasteiger partial charge in [-0.2, -0.15) is 4.98 Å². The second kappa shape index (κ2) is 46.7. The minimum atomic E-state index is -4.99. The molecule has 26 N–H and O–H groups in total. The van der Waals surface area contributed by atoms with Crippen molar-refractivity contribution in [3.8, 4) is 62.9 Å². The van der Waals surface area contributed by atoms with Gasteiger partial charge in [0.25, 0.3) is 5.91 Å². The van der Waals surface area contributed by atoms with Crippen LogP contribution in [0.25, 0.3) is 11.1 Å². The molecule has 2 unspecified atom stereocenters. The third kappa shape index (κ3) is 25.4. The zero-order valence-corrected chi connectivity index (χ0v) is 79.1. The lowest BCUT2D eigenvalue weighted by molar-refractivity contribution is -0.350. The third-order valence-corrected chi connectivity index (χ3v) is 25.5. The highest BCUT2D eigenvalue weighted by atomic mass is 35.5. The number of carbonyl (C=O) groups excluding carboxylic acids is 8. The average molecular weight is 2090 g/mol. The number of halogens is 5. The van der Waals surface area contributed by atoms with Crippen molar-refractivity contribution in [3.05, 3.63) is 199 Å². The summed E-state index contributed by atoms with van der Waals surface area (Å²) in [6.07, 6.45) is -31.0. The minimum absolute atomic E-state index is 0. The number of aliphatic hydroxyl groups is 8. The van der Waals surface area contributed by atoms with E-state index >= 15 is 24.0 Å². The van der Waals surface area contributed by atoms with Crippen LogP contribution < -0.4 is 89.3 Å². The summed E-state index contributed by atoms with van der Waals surface area (Å²) in [7, 11) is 1.44. The van der Waals surface area contributed by atoms with Crippen molar-refractivity contribution < 1.29 is 160 Å². The Labute approximate surface area is 838 Å². The summed E-state index contributed by atoms with van der Waals surface area (Å²) in [5.41, 5.74) is 7.27. The molecule has 786 valence electrons. The molecule has 0 aliphatic carbocycles. The molecule has 8 amide bonds. The Balaban J connectivity index is 0.0000178. The molecule has 8 aromatic rings. The van der Waals surface area contributed by atoms with E-state index in [2.05, 4.69) is 67.9 Å². The number of aromatic nitrogens is 3. The monoisotopic (exact) mass is 2080 g/mol. The molecule has 0 spiro atoms. The Hall–Kier alpha value is -13.1. The summed E-state index contributed by atoms with van der Waals surface area (Å²) in [5, 5.41) is 168. The number of nitrogens with one attached hydrogen (secondary N) is 10. The van der Waals surface area contributed by atoms with Crippen LogP contribution in [0.1, 0.15) is 134 Å². The minimum Gasteiger partial charge on any atom is -0.507 e. The predicted octanol–water partition coefficient (Wildman–Crippen LogP) is 1.30. The fraction of sp³-hybridized carbons (Fsp3) is 0.432. The summed E-state index contributed by atoms with van der Waals surface area (Å²) in [5.74, 6) is -19.0. The molecule has 0 saturated carbocycles. The highest BCUT2D eigenvalue weighted by Gasteiger charge is 2.54. The van der Waals surface area contributed by atoms with Crippen LogP contribution >= 0.6 is 23.2 Å². The largest absolute Gasteiger partial charge is 0.573 e. The molecular weight excluding hydrogens is 1980 g/mol. The van der Waals surface area contributed by atoms with Gasteiger partial charge >= 0.3 is 18.0 Å². The van der Waals surface area contributed by atoms with Crippen LogP contribution in [0, 0.1) is 5.92 Å². The van der Waals surface area contributed by atoms with E-state index in [4.69, 9.17) is 72.6 Å². The first-order valence-electron chi connectivity index (χ1n) is 45.4. The van der Waals surface area contributed by atoms with Crippen LogP contribution in [-0.2, 0) is 81.6 Å². The van der Waals surface area contributed by atoms with Gasteiger partial charge in [0.05, 0.1) is 46.9 Å². The molecule has 10 heterocycles. The molecule has 6 aromatic carbocycles. The fourth-order valence-corrected chi connectivity index (χ4v) is 17.8. The first-order valence-corrected chi connectivity index (χ1v) is 46.2. The maximum Gasteiger partial charge on any atom is 0.573 e. The lowest BCUT2D eigenvalue weighted by Crippen LogP contribution is -2.65.